The van der Waals surface area contributed by atoms with Crippen LogP contribution in [0.25, 0.3) is 11.1 Å². The lowest BCUT2D eigenvalue weighted by Crippen LogP contribution is -2.41. The minimum Gasteiger partial charge on any atom is -0.480 e. The monoisotopic (exact) mass is 472 g/mol. The van der Waals surface area contributed by atoms with Crippen LogP contribution in [-0.2, 0) is 20.7 Å². The molecule has 1 aliphatic carbocycles. The number of carboxylic acids is 1. The van der Waals surface area contributed by atoms with E-state index in [9.17, 15) is 19.5 Å². The smallest absolute Gasteiger partial charge is 0.411 e. The lowest BCUT2D eigenvalue weighted by molar-refractivity contribution is -0.141. The van der Waals surface area contributed by atoms with E-state index in [1.165, 1.54) is 0 Å². The van der Waals surface area contributed by atoms with Gasteiger partial charge < -0.3 is 15.2 Å². The first-order valence-electron chi connectivity index (χ1n) is 11.7. The summed E-state index contributed by atoms with van der Waals surface area (Å²) in [5.41, 5.74) is 5.74. The van der Waals surface area contributed by atoms with E-state index in [1.54, 1.807) is 24.3 Å². The number of carboxylic acid groups (broad SMARTS) is 1. The number of carbonyl (C=O) groups excluding carboxylic acids is 2. The molecular weight excluding hydrogens is 444 g/mol. The highest BCUT2D eigenvalue weighted by atomic mass is 16.5. The average Bonchev–Trinajstić information content (AvgIpc) is 3.16. The first-order chi connectivity index (χ1) is 17.0. The SMILES string of the molecule is CCC[C@H](NC(=O)Cc1cccc(NC(=O)OCC2c3ccccc3-c3ccccc32)c1)C(=O)O. The van der Waals surface area contributed by atoms with Gasteiger partial charge in [-0.25, -0.2) is 9.59 Å². The van der Waals surface area contributed by atoms with Crippen molar-refractivity contribution < 1.29 is 24.2 Å². The van der Waals surface area contributed by atoms with Crippen LogP contribution in [0.5, 0.6) is 0 Å². The summed E-state index contributed by atoms with van der Waals surface area (Å²) in [5, 5.41) is 14.5. The molecule has 0 fully saturated rings. The lowest BCUT2D eigenvalue weighted by Gasteiger charge is -2.15. The largest absolute Gasteiger partial charge is 0.480 e. The quantitative estimate of drug-likeness (QED) is 0.408. The Balaban J connectivity index is 1.35. The highest BCUT2D eigenvalue weighted by Gasteiger charge is 2.29. The van der Waals surface area contributed by atoms with Crippen LogP contribution in [-0.4, -0.2) is 35.7 Å². The van der Waals surface area contributed by atoms with Gasteiger partial charge in [0.1, 0.15) is 12.6 Å². The zero-order valence-corrected chi connectivity index (χ0v) is 19.5. The van der Waals surface area contributed by atoms with Crippen molar-refractivity contribution in [2.24, 2.45) is 0 Å². The number of anilines is 1. The van der Waals surface area contributed by atoms with E-state index in [0.29, 0.717) is 24.1 Å². The molecule has 0 spiro atoms. The lowest BCUT2D eigenvalue weighted by atomic mass is 9.98. The predicted octanol–water partition coefficient (Wildman–Crippen LogP) is 4.96. The van der Waals surface area contributed by atoms with Gasteiger partial charge in [-0.3, -0.25) is 10.1 Å². The van der Waals surface area contributed by atoms with Crippen molar-refractivity contribution in [2.75, 3.05) is 11.9 Å². The van der Waals surface area contributed by atoms with E-state index in [2.05, 4.69) is 34.9 Å². The maximum absolute atomic E-state index is 12.5. The Hall–Kier alpha value is -4.13. The summed E-state index contributed by atoms with van der Waals surface area (Å²) >= 11 is 0. The molecule has 0 aromatic heterocycles. The topological polar surface area (TPSA) is 105 Å². The molecule has 0 saturated heterocycles. The number of carbonyl (C=O) groups is 3. The van der Waals surface area contributed by atoms with Gasteiger partial charge in [-0.15, -0.1) is 0 Å². The summed E-state index contributed by atoms with van der Waals surface area (Å²) in [5.74, 6) is -1.47. The molecule has 0 radical (unpaired) electrons. The van der Waals surface area contributed by atoms with Gasteiger partial charge in [-0.1, -0.05) is 74.0 Å². The highest BCUT2D eigenvalue weighted by molar-refractivity contribution is 5.87. The molecule has 3 N–H and O–H groups in total. The maximum atomic E-state index is 12.5. The fourth-order valence-electron chi connectivity index (χ4n) is 4.49. The summed E-state index contributed by atoms with van der Waals surface area (Å²) in [7, 11) is 0. The minimum absolute atomic E-state index is 0.00764. The predicted molar refractivity (Wildman–Crippen MR) is 133 cm³/mol. The third-order valence-corrected chi connectivity index (χ3v) is 6.09. The summed E-state index contributed by atoms with van der Waals surface area (Å²) < 4.78 is 5.58. The number of aliphatic carboxylic acids is 1. The fourth-order valence-corrected chi connectivity index (χ4v) is 4.49. The molecule has 4 rings (SSSR count). The second kappa shape index (κ2) is 10.9. The number of ether oxygens (including phenoxy) is 1. The van der Waals surface area contributed by atoms with Crippen LogP contribution in [0.4, 0.5) is 10.5 Å². The van der Waals surface area contributed by atoms with Crippen LogP contribution in [0.2, 0.25) is 0 Å². The third-order valence-electron chi connectivity index (χ3n) is 6.09. The van der Waals surface area contributed by atoms with Crippen molar-refractivity contribution in [2.45, 2.75) is 38.1 Å². The molecule has 0 aliphatic heterocycles. The Morgan fingerprint density at radius 3 is 2.23 bits per heavy atom. The van der Waals surface area contributed by atoms with Gasteiger partial charge in [-0.2, -0.15) is 0 Å². The van der Waals surface area contributed by atoms with Crippen molar-refractivity contribution in [3.8, 4) is 11.1 Å². The zero-order valence-electron chi connectivity index (χ0n) is 19.5. The molecule has 0 saturated carbocycles. The van der Waals surface area contributed by atoms with Crippen LogP contribution in [0.3, 0.4) is 0 Å². The molecule has 7 nitrogen and oxygen atoms in total. The van der Waals surface area contributed by atoms with Crippen LogP contribution in [0.15, 0.2) is 72.8 Å². The molecule has 3 aromatic carbocycles. The molecule has 180 valence electrons. The molecule has 0 unspecified atom stereocenters. The summed E-state index contributed by atoms with van der Waals surface area (Å²) in [6.45, 7) is 2.07. The number of hydrogen-bond acceptors (Lipinski definition) is 4. The van der Waals surface area contributed by atoms with E-state index >= 15 is 0 Å². The fraction of sp³-hybridized carbons (Fsp3) is 0.250. The number of rotatable bonds is 9. The van der Waals surface area contributed by atoms with Gasteiger partial charge >= 0.3 is 12.1 Å². The van der Waals surface area contributed by atoms with Crippen molar-refractivity contribution in [3.05, 3.63) is 89.5 Å². The molecule has 0 bridgehead atoms. The Labute approximate surface area is 204 Å². The van der Waals surface area contributed by atoms with Crippen LogP contribution in [0.1, 0.15) is 42.4 Å². The second-order valence-corrected chi connectivity index (χ2v) is 8.57. The minimum atomic E-state index is -1.05. The van der Waals surface area contributed by atoms with Gasteiger partial charge in [0.25, 0.3) is 0 Å². The Kier molecular flexibility index (Phi) is 7.45. The van der Waals surface area contributed by atoms with Crippen LogP contribution >= 0.6 is 0 Å². The van der Waals surface area contributed by atoms with Gasteiger partial charge in [-0.05, 0) is 46.4 Å². The molecule has 1 atom stereocenters. The molecular formula is C28H28N2O5. The highest BCUT2D eigenvalue weighted by Crippen LogP contribution is 2.44. The van der Waals surface area contributed by atoms with Crippen molar-refractivity contribution in [3.63, 3.8) is 0 Å². The maximum Gasteiger partial charge on any atom is 0.411 e. The average molecular weight is 473 g/mol. The van der Waals surface area contributed by atoms with E-state index in [-0.39, 0.29) is 24.9 Å². The number of fused-ring (bicyclic) bond motifs is 3. The molecule has 1 aliphatic rings. The Morgan fingerprint density at radius 2 is 1.60 bits per heavy atom. The molecule has 3 aromatic rings. The number of amides is 2. The first kappa shape index (κ1) is 24.0. The summed E-state index contributed by atoms with van der Waals surface area (Å²) in [6, 6.07) is 22.2. The number of hydrogen-bond donors (Lipinski definition) is 3. The van der Waals surface area contributed by atoms with E-state index in [4.69, 9.17) is 4.74 Å². The van der Waals surface area contributed by atoms with Crippen LogP contribution in [0, 0.1) is 0 Å². The second-order valence-electron chi connectivity index (χ2n) is 8.57. The van der Waals surface area contributed by atoms with E-state index in [1.807, 2.05) is 31.2 Å². The van der Waals surface area contributed by atoms with Crippen molar-refractivity contribution in [1.82, 2.24) is 5.32 Å². The molecule has 7 heteroatoms. The summed E-state index contributed by atoms with van der Waals surface area (Å²) in [4.78, 5) is 36.1. The Bertz CT molecular complexity index is 1190. The number of benzene rings is 3. The normalized spacial score (nSPS) is 12.8. The van der Waals surface area contributed by atoms with Crippen molar-refractivity contribution >= 4 is 23.7 Å². The van der Waals surface area contributed by atoms with Gasteiger partial charge in [0.2, 0.25) is 5.91 Å². The van der Waals surface area contributed by atoms with Gasteiger partial charge in [0.05, 0.1) is 6.42 Å². The van der Waals surface area contributed by atoms with Gasteiger partial charge in [0, 0.05) is 11.6 Å². The van der Waals surface area contributed by atoms with E-state index < -0.39 is 18.1 Å². The van der Waals surface area contributed by atoms with Crippen molar-refractivity contribution in [1.29, 1.82) is 0 Å². The first-order valence-corrected chi connectivity index (χ1v) is 11.7. The molecule has 2 amide bonds. The zero-order chi connectivity index (χ0) is 24.8. The molecule has 35 heavy (non-hydrogen) atoms. The van der Waals surface area contributed by atoms with Crippen LogP contribution < -0.4 is 10.6 Å². The Morgan fingerprint density at radius 1 is 0.943 bits per heavy atom. The molecule has 0 heterocycles. The van der Waals surface area contributed by atoms with E-state index in [0.717, 1.165) is 22.3 Å². The van der Waals surface area contributed by atoms with Gasteiger partial charge in [0.15, 0.2) is 0 Å². The standard InChI is InChI=1S/C28H28N2O5/c1-2-8-25(27(32)33)30-26(31)16-18-9-7-10-19(15-18)29-28(34)35-17-24-22-13-5-3-11-20(22)21-12-4-6-14-23(21)24/h3-7,9-15,24-25H,2,8,16-17H2,1H3,(H,29,34)(H,30,31)(H,32,33)/t25-/m0/s1. The summed E-state index contributed by atoms with van der Waals surface area (Å²) in [6.07, 6.45) is 0.442. The number of nitrogens with one attached hydrogen (secondary N) is 2. The third kappa shape index (κ3) is 5.69.